The second kappa shape index (κ2) is 8.83. The molecule has 5 rings (SSSR count). The van der Waals surface area contributed by atoms with Crippen molar-refractivity contribution < 1.29 is 13.9 Å². The standard InChI is InChI=1S/C24H30FN7O2/c1-4-34-22-18(21(33)29-17-9-19(25)20-28-15(2)12-31(20)13-17)11-27-23(30-22)32-14-24(10-16(32)3)5-7-26-8-6-24/h9,11-13,16,26H,4-8,10,14H2,1-3H3,(H,29,33). The van der Waals surface area contributed by atoms with E-state index >= 15 is 0 Å². The molecule has 2 aliphatic rings. The first-order valence-electron chi connectivity index (χ1n) is 11.8. The summed E-state index contributed by atoms with van der Waals surface area (Å²) in [6.45, 7) is 9.16. The summed E-state index contributed by atoms with van der Waals surface area (Å²) in [6.07, 6.45) is 8.21. The summed E-state index contributed by atoms with van der Waals surface area (Å²) in [4.78, 5) is 28.6. The third kappa shape index (κ3) is 4.18. The number of ether oxygens (including phenoxy) is 1. The Bertz CT molecular complexity index is 1220. The monoisotopic (exact) mass is 467 g/mol. The Kier molecular flexibility index (Phi) is 5.85. The van der Waals surface area contributed by atoms with Crippen LogP contribution in [0.15, 0.2) is 24.7 Å². The molecular formula is C24H30FN7O2. The van der Waals surface area contributed by atoms with Crippen molar-refractivity contribution in [3.8, 4) is 5.88 Å². The molecule has 2 N–H and O–H groups in total. The maximum absolute atomic E-state index is 14.4. The number of piperidine rings is 1. The molecule has 2 fully saturated rings. The minimum absolute atomic E-state index is 0.205. The van der Waals surface area contributed by atoms with E-state index < -0.39 is 11.7 Å². The van der Waals surface area contributed by atoms with Crippen LogP contribution < -0.4 is 20.3 Å². The van der Waals surface area contributed by atoms with Gasteiger partial charge in [-0.1, -0.05) is 0 Å². The van der Waals surface area contributed by atoms with Gasteiger partial charge in [-0.2, -0.15) is 4.98 Å². The fourth-order valence-corrected chi connectivity index (χ4v) is 5.25. The van der Waals surface area contributed by atoms with Crippen molar-refractivity contribution in [3.05, 3.63) is 41.7 Å². The van der Waals surface area contributed by atoms with Crippen LogP contribution in [0.5, 0.6) is 5.88 Å². The minimum atomic E-state index is -0.516. The first-order valence-corrected chi connectivity index (χ1v) is 11.8. The lowest BCUT2D eigenvalue weighted by molar-refractivity contribution is 0.102. The number of nitrogens with one attached hydrogen (secondary N) is 2. The first-order chi connectivity index (χ1) is 16.4. The SMILES string of the molecule is CCOc1nc(N2CC3(CCNCC3)CC2C)ncc1C(=O)Nc1cc(F)c2nc(C)cn2c1. The molecular weight excluding hydrogens is 437 g/mol. The number of aromatic nitrogens is 4. The lowest BCUT2D eigenvalue weighted by Crippen LogP contribution is -2.39. The highest BCUT2D eigenvalue weighted by molar-refractivity contribution is 6.05. The minimum Gasteiger partial charge on any atom is -0.477 e. The van der Waals surface area contributed by atoms with Gasteiger partial charge in [0.25, 0.3) is 5.91 Å². The van der Waals surface area contributed by atoms with E-state index in [1.807, 2.05) is 6.92 Å². The summed E-state index contributed by atoms with van der Waals surface area (Å²) in [6, 6.07) is 1.56. The van der Waals surface area contributed by atoms with Crippen LogP contribution in [0.1, 0.15) is 49.2 Å². The van der Waals surface area contributed by atoms with Crippen LogP contribution in [-0.4, -0.2) is 57.5 Å². The smallest absolute Gasteiger partial charge is 0.262 e. The van der Waals surface area contributed by atoms with Crippen molar-refractivity contribution in [1.82, 2.24) is 24.7 Å². The molecule has 2 saturated heterocycles. The highest BCUT2D eigenvalue weighted by atomic mass is 19.1. The lowest BCUT2D eigenvalue weighted by atomic mass is 9.77. The maximum Gasteiger partial charge on any atom is 0.262 e. The molecule has 1 unspecified atom stereocenters. The fraction of sp³-hybridized carbons (Fsp3) is 0.500. The number of imidazole rings is 1. The van der Waals surface area contributed by atoms with Crippen molar-refractivity contribution in [3.63, 3.8) is 0 Å². The molecule has 9 nitrogen and oxygen atoms in total. The average molecular weight is 468 g/mol. The molecule has 1 amide bonds. The Morgan fingerprint density at radius 1 is 1.32 bits per heavy atom. The van der Waals surface area contributed by atoms with E-state index in [0.29, 0.717) is 30.0 Å². The van der Waals surface area contributed by atoms with E-state index in [0.717, 1.165) is 38.9 Å². The summed E-state index contributed by atoms with van der Waals surface area (Å²) < 4.78 is 21.7. The predicted octanol–water partition coefficient (Wildman–Crippen LogP) is 3.19. The van der Waals surface area contributed by atoms with Crippen molar-refractivity contribution in [2.45, 2.75) is 46.1 Å². The zero-order chi connectivity index (χ0) is 23.9. The van der Waals surface area contributed by atoms with Crippen molar-refractivity contribution >= 4 is 23.2 Å². The molecule has 3 aromatic rings. The molecule has 0 bridgehead atoms. The van der Waals surface area contributed by atoms with Gasteiger partial charge in [0.1, 0.15) is 5.56 Å². The van der Waals surface area contributed by atoms with Gasteiger partial charge >= 0.3 is 0 Å². The van der Waals surface area contributed by atoms with Gasteiger partial charge in [-0.05, 0) is 58.5 Å². The Morgan fingerprint density at radius 2 is 2.12 bits per heavy atom. The molecule has 0 aromatic carbocycles. The molecule has 2 aliphatic heterocycles. The molecule has 34 heavy (non-hydrogen) atoms. The zero-order valence-corrected chi connectivity index (χ0v) is 19.8. The van der Waals surface area contributed by atoms with Gasteiger partial charge in [-0.3, -0.25) is 4.79 Å². The second-order valence-electron chi connectivity index (χ2n) is 9.40. The Hall–Kier alpha value is -3.27. The van der Waals surface area contributed by atoms with Gasteiger partial charge in [0.15, 0.2) is 11.5 Å². The van der Waals surface area contributed by atoms with E-state index in [1.54, 1.807) is 23.7 Å². The van der Waals surface area contributed by atoms with Crippen molar-refractivity contribution in [1.29, 1.82) is 0 Å². The molecule has 1 atom stereocenters. The molecule has 10 heteroatoms. The second-order valence-corrected chi connectivity index (χ2v) is 9.40. The van der Waals surface area contributed by atoms with Gasteiger partial charge in [0, 0.05) is 37.2 Å². The number of hydrogen-bond donors (Lipinski definition) is 2. The number of pyridine rings is 1. The normalized spacial score (nSPS) is 19.6. The van der Waals surface area contributed by atoms with Crippen LogP contribution in [0.4, 0.5) is 16.0 Å². The molecule has 3 aromatic heterocycles. The molecule has 1 spiro atoms. The van der Waals surface area contributed by atoms with Crippen LogP contribution in [0.25, 0.3) is 5.65 Å². The average Bonchev–Trinajstić information content (AvgIpc) is 3.33. The van der Waals surface area contributed by atoms with Crippen LogP contribution in [-0.2, 0) is 0 Å². The fourth-order valence-electron chi connectivity index (χ4n) is 5.25. The van der Waals surface area contributed by atoms with E-state index in [-0.39, 0.29) is 22.5 Å². The number of anilines is 2. The molecule has 180 valence electrons. The van der Waals surface area contributed by atoms with Crippen molar-refractivity contribution in [2.75, 3.05) is 36.5 Å². The largest absolute Gasteiger partial charge is 0.477 e. The first kappa shape index (κ1) is 22.5. The number of aryl methyl sites for hydroxylation is 1. The van der Waals surface area contributed by atoms with Crippen LogP contribution in [0.2, 0.25) is 0 Å². The number of fused-ring (bicyclic) bond motifs is 1. The predicted molar refractivity (Wildman–Crippen MR) is 127 cm³/mol. The number of carbonyl (C=O) groups is 1. The van der Waals surface area contributed by atoms with E-state index in [4.69, 9.17) is 4.74 Å². The number of hydrogen-bond acceptors (Lipinski definition) is 7. The van der Waals surface area contributed by atoms with E-state index in [9.17, 15) is 9.18 Å². The van der Waals surface area contributed by atoms with Crippen LogP contribution >= 0.6 is 0 Å². The molecule has 5 heterocycles. The summed E-state index contributed by atoms with van der Waals surface area (Å²) in [5, 5.41) is 6.18. The van der Waals surface area contributed by atoms with Gasteiger partial charge in [0.2, 0.25) is 11.8 Å². The highest BCUT2D eigenvalue weighted by Gasteiger charge is 2.43. The summed E-state index contributed by atoms with van der Waals surface area (Å²) >= 11 is 0. The van der Waals surface area contributed by atoms with Gasteiger partial charge in [-0.25, -0.2) is 14.4 Å². The van der Waals surface area contributed by atoms with E-state index in [2.05, 4.69) is 37.4 Å². The zero-order valence-electron chi connectivity index (χ0n) is 19.8. The topological polar surface area (TPSA) is 96.7 Å². The highest BCUT2D eigenvalue weighted by Crippen LogP contribution is 2.43. The Labute approximate surface area is 197 Å². The molecule has 0 saturated carbocycles. The van der Waals surface area contributed by atoms with Crippen molar-refractivity contribution in [2.24, 2.45) is 5.41 Å². The number of halogens is 1. The lowest BCUT2D eigenvalue weighted by Gasteiger charge is -2.33. The summed E-state index contributed by atoms with van der Waals surface area (Å²) in [7, 11) is 0. The molecule has 0 aliphatic carbocycles. The number of carbonyl (C=O) groups excluding carboxylic acids is 1. The van der Waals surface area contributed by atoms with Crippen LogP contribution in [0.3, 0.4) is 0 Å². The Morgan fingerprint density at radius 3 is 2.88 bits per heavy atom. The summed E-state index contributed by atoms with van der Waals surface area (Å²) in [5.74, 6) is -0.181. The third-order valence-electron chi connectivity index (χ3n) is 6.84. The van der Waals surface area contributed by atoms with Crippen LogP contribution in [0, 0.1) is 18.2 Å². The Balaban J connectivity index is 1.39. The van der Waals surface area contributed by atoms with Gasteiger partial charge < -0.3 is 24.7 Å². The number of nitrogens with zero attached hydrogens (tertiary/aromatic N) is 5. The van der Waals surface area contributed by atoms with Gasteiger partial charge in [0.05, 0.1) is 18.0 Å². The maximum atomic E-state index is 14.4. The number of amides is 1. The van der Waals surface area contributed by atoms with Gasteiger partial charge in [-0.15, -0.1) is 0 Å². The third-order valence-corrected chi connectivity index (χ3v) is 6.84. The summed E-state index contributed by atoms with van der Waals surface area (Å²) in [5.41, 5.74) is 1.69. The quantitative estimate of drug-likeness (QED) is 0.595. The molecule has 0 radical (unpaired) electrons. The van der Waals surface area contributed by atoms with E-state index in [1.165, 1.54) is 12.3 Å². The number of rotatable bonds is 5.